The lowest BCUT2D eigenvalue weighted by Gasteiger charge is -2.07. The highest BCUT2D eigenvalue weighted by molar-refractivity contribution is 8.01. The third-order valence-electron chi connectivity index (χ3n) is 3.79. The van der Waals surface area contributed by atoms with Gasteiger partial charge in [-0.2, -0.15) is 0 Å². The summed E-state index contributed by atoms with van der Waals surface area (Å²) in [6.45, 7) is 0. The molecule has 0 aliphatic rings. The van der Waals surface area contributed by atoms with Gasteiger partial charge in [0.15, 0.2) is 4.34 Å². The number of carbonyl (C=O) groups excluding carboxylic acids is 3. The van der Waals surface area contributed by atoms with E-state index in [0.29, 0.717) is 26.4 Å². The number of nitrogens with one attached hydrogen (secondary N) is 2. The average molecular weight is 461 g/mol. The smallest absolute Gasteiger partial charge is 0.250 e. The van der Waals surface area contributed by atoms with Crippen LogP contribution in [0.25, 0.3) is 0 Å². The number of anilines is 2. The van der Waals surface area contributed by atoms with Crippen LogP contribution in [0.1, 0.15) is 16.1 Å². The van der Waals surface area contributed by atoms with E-state index in [-0.39, 0.29) is 29.6 Å². The van der Waals surface area contributed by atoms with Crippen LogP contribution < -0.4 is 16.4 Å². The lowest BCUT2D eigenvalue weighted by molar-refractivity contribution is -0.116. The summed E-state index contributed by atoms with van der Waals surface area (Å²) in [6.07, 6.45) is 0.0428. The van der Waals surface area contributed by atoms with Crippen LogP contribution in [0.15, 0.2) is 58.3 Å². The van der Waals surface area contributed by atoms with Gasteiger partial charge in [0.2, 0.25) is 11.8 Å². The van der Waals surface area contributed by atoms with Gasteiger partial charge in [-0.1, -0.05) is 35.5 Å². The number of aromatic nitrogens is 1. The second-order valence-electron chi connectivity index (χ2n) is 6.08. The fraction of sp³-hybridized carbons (Fsp3) is 0.100. The first kappa shape index (κ1) is 21.8. The molecular weight excluding hydrogens is 444 g/mol. The molecule has 0 bridgehead atoms. The number of thiazole rings is 1. The van der Waals surface area contributed by atoms with Crippen molar-refractivity contribution in [3.8, 4) is 0 Å². The van der Waals surface area contributed by atoms with Gasteiger partial charge in [0, 0.05) is 16.1 Å². The van der Waals surface area contributed by atoms with Crippen molar-refractivity contribution < 1.29 is 14.4 Å². The molecule has 3 amide bonds. The predicted octanol–water partition coefficient (Wildman–Crippen LogP) is 3.81. The van der Waals surface area contributed by atoms with E-state index in [1.165, 1.54) is 23.1 Å². The van der Waals surface area contributed by atoms with Crippen LogP contribution in [0.3, 0.4) is 0 Å². The number of thioether (sulfide) groups is 1. The third kappa shape index (κ3) is 6.31. The Bertz CT molecular complexity index is 1070. The van der Waals surface area contributed by atoms with Gasteiger partial charge in [0.05, 0.1) is 29.1 Å². The van der Waals surface area contributed by atoms with Crippen LogP contribution in [0.5, 0.6) is 0 Å². The number of hydrogen-bond acceptors (Lipinski definition) is 6. The standard InChI is InChI=1S/C20H17ClN4O3S2/c21-12-5-7-13(8-6-12)23-18(27)11-30-20-24-14(10-29-20)9-17(26)25-16-4-2-1-3-15(16)19(22)28/h1-8,10H,9,11H2,(H2,22,28)(H,23,27)(H,25,26). The zero-order chi connectivity index (χ0) is 21.5. The average Bonchev–Trinajstić information content (AvgIpc) is 3.15. The van der Waals surface area contributed by atoms with E-state index in [4.69, 9.17) is 17.3 Å². The number of primary amides is 1. The fourth-order valence-corrected chi connectivity index (χ4v) is 4.23. The van der Waals surface area contributed by atoms with Gasteiger partial charge in [-0.25, -0.2) is 4.98 Å². The zero-order valence-corrected chi connectivity index (χ0v) is 17.9. The van der Waals surface area contributed by atoms with Gasteiger partial charge in [-0.05, 0) is 36.4 Å². The van der Waals surface area contributed by atoms with Crippen molar-refractivity contribution in [1.82, 2.24) is 4.98 Å². The number of benzene rings is 2. The Labute approximate surface area is 186 Å². The van der Waals surface area contributed by atoms with Crippen molar-refractivity contribution in [2.45, 2.75) is 10.8 Å². The predicted molar refractivity (Wildman–Crippen MR) is 120 cm³/mol. The highest BCUT2D eigenvalue weighted by Gasteiger charge is 2.13. The molecule has 0 aliphatic heterocycles. The SMILES string of the molecule is NC(=O)c1ccccc1NC(=O)Cc1csc(SCC(=O)Nc2ccc(Cl)cc2)n1. The van der Waals surface area contributed by atoms with Crippen molar-refractivity contribution >= 4 is 63.8 Å². The third-order valence-corrected chi connectivity index (χ3v) is 6.12. The Kier molecular flexibility index (Phi) is 7.45. The summed E-state index contributed by atoms with van der Waals surface area (Å²) in [5.41, 5.74) is 7.16. The normalized spacial score (nSPS) is 10.4. The van der Waals surface area contributed by atoms with Crippen molar-refractivity contribution in [2.24, 2.45) is 5.73 Å². The van der Waals surface area contributed by atoms with Gasteiger partial charge in [-0.3, -0.25) is 14.4 Å². The Morgan fingerprint density at radius 3 is 2.50 bits per heavy atom. The van der Waals surface area contributed by atoms with Gasteiger partial charge >= 0.3 is 0 Å². The molecule has 1 aromatic heterocycles. The van der Waals surface area contributed by atoms with Gasteiger partial charge in [0.1, 0.15) is 0 Å². The molecule has 0 atom stereocenters. The number of rotatable bonds is 8. The van der Waals surface area contributed by atoms with E-state index in [1.807, 2.05) is 0 Å². The first-order valence-electron chi connectivity index (χ1n) is 8.72. The molecule has 0 unspecified atom stereocenters. The highest BCUT2D eigenvalue weighted by Crippen LogP contribution is 2.24. The number of carbonyl (C=O) groups is 3. The van der Waals surface area contributed by atoms with Gasteiger partial charge in [-0.15, -0.1) is 11.3 Å². The molecule has 0 saturated heterocycles. The molecule has 0 spiro atoms. The monoisotopic (exact) mass is 460 g/mol. The van der Waals surface area contributed by atoms with Crippen molar-refractivity contribution in [3.05, 3.63) is 70.2 Å². The number of nitrogens with zero attached hydrogens (tertiary/aromatic N) is 1. The summed E-state index contributed by atoms with van der Waals surface area (Å²) in [7, 11) is 0. The lowest BCUT2D eigenvalue weighted by Crippen LogP contribution is -2.19. The molecule has 154 valence electrons. The first-order valence-corrected chi connectivity index (χ1v) is 11.0. The topological polar surface area (TPSA) is 114 Å². The summed E-state index contributed by atoms with van der Waals surface area (Å²) in [5, 5.41) is 7.81. The van der Waals surface area contributed by atoms with E-state index in [9.17, 15) is 14.4 Å². The Morgan fingerprint density at radius 2 is 1.77 bits per heavy atom. The van der Waals surface area contributed by atoms with E-state index in [1.54, 1.807) is 53.9 Å². The summed E-state index contributed by atoms with van der Waals surface area (Å²) >= 11 is 8.46. The maximum absolute atomic E-state index is 12.3. The molecule has 0 fully saturated rings. The molecule has 7 nitrogen and oxygen atoms in total. The minimum absolute atomic E-state index is 0.0428. The molecule has 3 aromatic rings. The van der Waals surface area contributed by atoms with Crippen LogP contribution in [-0.2, 0) is 16.0 Å². The van der Waals surface area contributed by atoms with E-state index in [2.05, 4.69) is 15.6 Å². The van der Waals surface area contributed by atoms with Gasteiger partial charge in [0.25, 0.3) is 5.91 Å². The van der Waals surface area contributed by atoms with E-state index < -0.39 is 5.91 Å². The lowest BCUT2D eigenvalue weighted by atomic mass is 10.1. The van der Waals surface area contributed by atoms with Crippen LogP contribution >= 0.6 is 34.7 Å². The van der Waals surface area contributed by atoms with Crippen molar-refractivity contribution in [2.75, 3.05) is 16.4 Å². The molecule has 30 heavy (non-hydrogen) atoms. The number of amides is 3. The molecule has 10 heteroatoms. The van der Waals surface area contributed by atoms with Crippen molar-refractivity contribution in [3.63, 3.8) is 0 Å². The van der Waals surface area contributed by atoms with Gasteiger partial charge < -0.3 is 16.4 Å². The molecule has 3 rings (SSSR count). The summed E-state index contributed by atoms with van der Waals surface area (Å²) in [4.78, 5) is 40.1. The maximum atomic E-state index is 12.3. The maximum Gasteiger partial charge on any atom is 0.250 e. The van der Waals surface area contributed by atoms with Crippen LogP contribution in [0.4, 0.5) is 11.4 Å². The highest BCUT2D eigenvalue weighted by atomic mass is 35.5. The minimum Gasteiger partial charge on any atom is -0.366 e. The fourth-order valence-electron chi connectivity index (χ4n) is 2.46. The second kappa shape index (κ2) is 10.2. The molecule has 0 radical (unpaired) electrons. The Balaban J connectivity index is 1.50. The summed E-state index contributed by atoms with van der Waals surface area (Å²) < 4.78 is 0.682. The number of para-hydroxylation sites is 1. The molecular formula is C20H17ClN4O3S2. The zero-order valence-electron chi connectivity index (χ0n) is 15.6. The quantitative estimate of drug-likeness (QED) is 0.442. The first-order chi connectivity index (χ1) is 14.4. The van der Waals surface area contributed by atoms with Crippen LogP contribution in [0.2, 0.25) is 5.02 Å². The number of halogens is 1. The molecule has 0 aliphatic carbocycles. The van der Waals surface area contributed by atoms with Crippen LogP contribution in [-0.4, -0.2) is 28.5 Å². The Hall–Kier alpha value is -2.88. The largest absolute Gasteiger partial charge is 0.366 e. The molecule has 1 heterocycles. The number of hydrogen-bond donors (Lipinski definition) is 3. The summed E-state index contributed by atoms with van der Waals surface area (Å²) in [6, 6.07) is 13.4. The molecule has 0 saturated carbocycles. The molecule has 4 N–H and O–H groups in total. The van der Waals surface area contributed by atoms with E-state index >= 15 is 0 Å². The number of nitrogens with two attached hydrogens (primary N) is 1. The van der Waals surface area contributed by atoms with Crippen LogP contribution in [0, 0.1) is 0 Å². The minimum atomic E-state index is -0.616. The second-order valence-corrected chi connectivity index (χ2v) is 8.60. The molecule has 2 aromatic carbocycles. The Morgan fingerprint density at radius 1 is 1.03 bits per heavy atom. The summed E-state index contributed by atoms with van der Waals surface area (Å²) in [5.74, 6) is -0.908. The van der Waals surface area contributed by atoms with Crippen molar-refractivity contribution in [1.29, 1.82) is 0 Å². The van der Waals surface area contributed by atoms with E-state index in [0.717, 1.165) is 0 Å².